The number of aliphatic hydroxyl groups excluding tert-OH is 1. The summed E-state index contributed by atoms with van der Waals surface area (Å²) in [6.45, 7) is 4.78. The predicted molar refractivity (Wildman–Crippen MR) is 131 cm³/mol. The van der Waals surface area contributed by atoms with Crippen LogP contribution in [0.1, 0.15) is 17.2 Å². The van der Waals surface area contributed by atoms with Crippen molar-refractivity contribution in [3.63, 3.8) is 0 Å². The number of aliphatic hydroxyl groups is 1. The summed E-state index contributed by atoms with van der Waals surface area (Å²) in [6, 6.07) is 14.2. The molecule has 0 spiro atoms. The van der Waals surface area contributed by atoms with Gasteiger partial charge in [-0.25, -0.2) is 0 Å². The van der Waals surface area contributed by atoms with E-state index < -0.39 is 0 Å². The number of hydrogen-bond acceptors (Lipinski definition) is 5. The van der Waals surface area contributed by atoms with Gasteiger partial charge in [0.25, 0.3) is 0 Å². The summed E-state index contributed by atoms with van der Waals surface area (Å²) in [6.07, 6.45) is 0.732. The Bertz CT molecular complexity index is 879. The number of halogens is 3. The van der Waals surface area contributed by atoms with Gasteiger partial charge in [-0.2, -0.15) is 0 Å². The number of carbonyl (C=O) groups excluding carboxylic acids is 1. The Kier molecular flexibility index (Phi) is 10.4. The van der Waals surface area contributed by atoms with Gasteiger partial charge in [-0.1, -0.05) is 41.6 Å². The average molecular weight is 505 g/mol. The van der Waals surface area contributed by atoms with Crippen molar-refractivity contribution < 1.29 is 9.90 Å². The Morgan fingerprint density at radius 3 is 2.52 bits per heavy atom. The zero-order valence-electron chi connectivity index (χ0n) is 17.1. The van der Waals surface area contributed by atoms with Crippen LogP contribution in [-0.2, 0) is 11.2 Å². The van der Waals surface area contributed by atoms with Crippen molar-refractivity contribution in [3.8, 4) is 0 Å². The molecule has 2 heterocycles. The fourth-order valence-electron chi connectivity index (χ4n) is 4.00. The summed E-state index contributed by atoms with van der Waals surface area (Å²) in [5.74, 6) is 0.0517. The summed E-state index contributed by atoms with van der Waals surface area (Å²) >= 11 is 7.97. The molecule has 2 N–H and O–H groups in total. The minimum Gasteiger partial charge on any atom is -0.395 e. The van der Waals surface area contributed by atoms with Crippen LogP contribution in [0.15, 0.2) is 52.3 Å². The molecule has 1 saturated heterocycles. The molecule has 9 heteroatoms. The van der Waals surface area contributed by atoms with Crippen molar-refractivity contribution in [3.05, 3.63) is 58.6 Å². The topological polar surface area (TPSA) is 55.8 Å². The van der Waals surface area contributed by atoms with E-state index in [0.717, 1.165) is 43.2 Å². The molecule has 0 saturated carbocycles. The monoisotopic (exact) mass is 503 g/mol. The van der Waals surface area contributed by atoms with Gasteiger partial charge in [-0.05, 0) is 41.8 Å². The number of carbonyl (C=O) groups is 1. The number of fused-ring (bicyclic) bond motifs is 2. The minimum absolute atomic E-state index is 0. The molecule has 2 aliphatic rings. The Morgan fingerprint density at radius 1 is 1.06 bits per heavy atom. The van der Waals surface area contributed by atoms with Crippen molar-refractivity contribution in [2.75, 3.05) is 45.9 Å². The fourth-order valence-corrected chi connectivity index (χ4v) is 5.32. The third-order valence-electron chi connectivity index (χ3n) is 5.54. The second-order valence-corrected chi connectivity index (χ2v) is 9.08. The summed E-state index contributed by atoms with van der Waals surface area (Å²) in [7, 11) is 0. The summed E-state index contributed by atoms with van der Waals surface area (Å²) < 4.78 is 0. The highest BCUT2D eigenvalue weighted by Crippen LogP contribution is 2.41. The number of piperazine rings is 1. The van der Waals surface area contributed by atoms with Crippen LogP contribution in [0.25, 0.3) is 0 Å². The molecule has 0 aliphatic carbocycles. The molecular weight excluding hydrogens is 477 g/mol. The predicted octanol–water partition coefficient (Wildman–Crippen LogP) is 3.66. The van der Waals surface area contributed by atoms with E-state index in [0.29, 0.717) is 13.1 Å². The van der Waals surface area contributed by atoms with Crippen LogP contribution in [0.3, 0.4) is 0 Å². The van der Waals surface area contributed by atoms with Crippen LogP contribution < -0.4 is 5.32 Å². The normalized spacial score (nSPS) is 18.6. The number of rotatable bonds is 5. The van der Waals surface area contributed by atoms with Gasteiger partial charge in [0.1, 0.15) is 0 Å². The van der Waals surface area contributed by atoms with Gasteiger partial charge in [0.15, 0.2) is 0 Å². The Labute approximate surface area is 205 Å². The molecule has 1 amide bonds. The first kappa shape index (κ1) is 26.3. The van der Waals surface area contributed by atoms with E-state index >= 15 is 0 Å². The smallest absolute Gasteiger partial charge is 0.234 e. The van der Waals surface area contributed by atoms with Crippen molar-refractivity contribution in [1.82, 2.24) is 15.1 Å². The molecule has 5 nitrogen and oxygen atoms in total. The largest absolute Gasteiger partial charge is 0.395 e. The molecular formula is C22H28Cl3N3O2S. The quantitative estimate of drug-likeness (QED) is 0.651. The Balaban J connectivity index is 0.00000171. The van der Waals surface area contributed by atoms with Crippen LogP contribution in [0.2, 0.25) is 5.02 Å². The van der Waals surface area contributed by atoms with Crippen LogP contribution in [0.4, 0.5) is 0 Å². The first-order valence-electron chi connectivity index (χ1n) is 10.0. The van der Waals surface area contributed by atoms with Crippen LogP contribution in [0, 0.1) is 0 Å². The standard InChI is InChI=1S/C22H26ClN3O2S.2ClH/c23-17-5-6-20-16(13-17)14-19(18-3-1-2-4-21(18)29-20)24-22(28)15-26-9-7-25(8-10-26)11-12-27;;/h1-6,13,19,27H,7-12,14-15H2,(H,24,28);2*1H. The van der Waals surface area contributed by atoms with E-state index in [9.17, 15) is 4.79 Å². The fraction of sp³-hybridized carbons (Fsp3) is 0.409. The lowest BCUT2D eigenvalue weighted by Gasteiger charge is -2.34. The van der Waals surface area contributed by atoms with Gasteiger partial charge in [0.05, 0.1) is 19.2 Å². The van der Waals surface area contributed by atoms with Gasteiger partial charge >= 0.3 is 0 Å². The minimum atomic E-state index is -0.0680. The van der Waals surface area contributed by atoms with Crippen LogP contribution >= 0.6 is 48.2 Å². The van der Waals surface area contributed by atoms with Crippen LogP contribution in [-0.4, -0.2) is 66.7 Å². The van der Waals surface area contributed by atoms with E-state index in [4.69, 9.17) is 16.7 Å². The second-order valence-electron chi connectivity index (χ2n) is 7.56. The van der Waals surface area contributed by atoms with Crippen LogP contribution in [0.5, 0.6) is 0 Å². The molecule has 0 bridgehead atoms. The lowest BCUT2D eigenvalue weighted by atomic mass is 9.99. The van der Waals surface area contributed by atoms with E-state index in [2.05, 4.69) is 33.3 Å². The van der Waals surface area contributed by atoms with E-state index in [1.807, 2.05) is 24.3 Å². The lowest BCUT2D eigenvalue weighted by molar-refractivity contribution is -0.123. The molecule has 170 valence electrons. The molecule has 2 aliphatic heterocycles. The number of hydrogen-bond donors (Lipinski definition) is 2. The number of amides is 1. The van der Waals surface area contributed by atoms with Crippen molar-refractivity contribution in [1.29, 1.82) is 0 Å². The first-order chi connectivity index (χ1) is 14.1. The van der Waals surface area contributed by atoms with Crippen molar-refractivity contribution in [2.24, 2.45) is 0 Å². The number of nitrogens with zero attached hydrogens (tertiary/aromatic N) is 2. The maximum Gasteiger partial charge on any atom is 0.234 e. The zero-order chi connectivity index (χ0) is 20.2. The second kappa shape index (κ2) is 12.3. The molecule has 31 heavy (non-hydrogen) atoms. The van der Waals surface area contributed by atoms with Gasteiger partial charge in [-0.3, -0.25) is 14.6 Å². The molecule has 1 atom stereocenters. The Morgan fingerprint density at radius 2 is 1.77 bits per heavy atom. The molecule has 0 radical (unpaired) electrons. The number of nitrogens with one attached hydrogen (secondary N) is 1. The van der Waals surface area contributed by atoms with E-state index in [-0.39, 0.29) is 43.4 Å². The van der Waals surface area contributed by atoms with Crippen molar-refractivity contribution in [2.45, 2.75) is 22.3 Å². The molecule has 1 fully saturated rings. The molecule has 1 unspecified atom stereocenters. The molecule has 4 rings (SSSR count). The van der Waals surface area contributed by atoms with Crippen molar-refractivity contribution >= 4 is 54.1 Å². The third-order valence-corrected chi connectivity index (χ3v) is 6.99. The number of benzene rings is 2. The van der Waals surface area contributed by atoms with E-state index in [1.54, 1.807) is 11.8 Å². The summed E-state index contributed by atoms with van der Waals surface area (Å²) in [5.41, 5.74) is 2.33. The third kappa shape index (κ3) is 6.75. The highest BCUT2D eigenvalue weighted by atomic mass is 35.5. The van der Waals surface area contributed by atoms with Gasteiger partial charge in [-0.15, -0.1) is 24.8 Å². The zero-order valence-corrected chi connectivity index (χ0v) is 20.3. The van der Waals surface area contributed by atoms with Gasteiger partial charge in [0, 0.05) is 47.5 Å². The lowest BCUT2D eigenvalue weighted by Crippen LogP contribution is -2.50. The highest BCUT2D eigenvalue weighted by Gasteiger charge is 2.25. The van der Waals surface area contributed by atoms with E-state index in [1.165, 1.54) is 15.4 Å². The molecule has 0 aromatic heterocycles. The average Bonchev–Trinajstić information content (AvgIpc) is 2.86. The number of β-amino-alcohol motifs (C(OH)–C–C–N with tert-alkyl or cyclic N) is 1. The maximum absolute atomic E-state index is 12.8. The summed E-state index contributed by atoms with van der Waals surface area (Å²) in [4.78, 5) is 19.6. The first-order valence-corrected chi connectivity index (χ1v) is 11.2. The van der Waals surface area contributed by atoms with Gasteiger partial charge < -0.3 is 10.4 Å². The molecule has 2 aromatic carbocycles. The molecule has 2 aromatic rings. The SMILES string of the molecule is Cl.Cl.O=C(CN1CCN(CCO)CC1)NC1Cc2cc(Cl)ccc2Sc2ccccc21. The highest BCUT2D eigenvalue weighted by molar-refractivity contribution is 7.99. The maximum atomic E-state index is 12.8. The van der Waals surface area contributed by atoms with Gasteiger partial charge in [0.2, 0.25) is 5.91 Å². The Hall–Kier alpha value is -0.990. The summed E-state index contributed by atoms with van der Waals surface area (Å²) in [5, 5.41) is 13.1.